The van der Waals surface area contributed by atoms with E-state index in [1.165, 1.54) is 17.5 Å². The maximum atomic E-state index is 5.69. The fraction of sp³-hybridized carbons (Fsp3) is 0.421. The highest BCUT2D eigenvalue weighted by Crippen LogP contribution is 2.32. The van der Waals surface area contributed by atoms with Gasteiger partial charge in [-0.15, -0.1) is 0 Å². The standard InChI is InChI=1S/C19H22N4O/c1-3-16-22-17-18(20-12-21-19(17)24-16)23-9-5-8-15(11-23)14-7-4-6-13(2)10-14/h4,6-7,10,12,15H,3,5,8-9,11H2,1-2H3/t15-/m0/s1. The number of aromatic nitrogens is 3. The Labute approximate surface area is 141 Å². The molecule has 5 heteroatoms. The van der Waals surface area contributed by atoms with Gasteiger partial charge in [-0.2, -0.15) is 4.98 Å². The van der Waals surface area contributed by atoms with Gasteiger partial charge in [0.15, 0.2) is 17.2 Å². The lowest BCUT2D eigenvalue weighted by atomic mass is 9.90. The fourth-order valence-corrected chi connectivity index (χ4v) is 3.53. The molecule has 5 nitrogen and oxygen atoms in total. The van der Waals surface area contributed by atoms with Crippen molar-refractivity contribution in [3.05, 3.63) is 47.6 Å². The quantitative estimate of drug-likeness (QED) is 0.732. The van der Waals surface area contributed by atoms with Crippen LogP contribution in [0.3, 0.4) is 0 Å². The highest BCUT2D eigenvalue weighted by molar-refractivity contribution is 5.81. The number of fused-ring (bicyclic) bond motifs is 1. The number of piperidine rings is 1. The summed E-state index contributed by atoms with van der Waals surface area (Å²) in [6.07, 6.45) is 4.72. The summed E-state index contributed by atoms with van der Waals surface area (Å²) in [4.78, 5) is 15.7. The molecule has 0 aliphatic carbocycles. The second-order valence-electron chi connectivity index (χ2n) is 6.51. The molecule has 2 aromatic heterocycles. The van der Waals surface area contributed by atoms with Crippen molar-refractivity contribution < 1.29 is 4.42 Å². The monoisotopic (exact) mass is 322 g/mol. The molecular formula is C19H22N4O. The summed E-state index contributed by atoms with van der Waals surface area (Å²) in [6, 6.07) is 8.84. The Kier molecular flexibility index (Phi) is 3.92. The lowest BCUT2D eigenvalue weighted by Gasteiger charge is -2.33. The molecule has 4 rings (SSSR count). The Bertz CT molecular complexity index is 857. The van der Waals surface area contributed by atoms with E-state index in [-0.39, 0.29) is 0 Å². The van der Waals surface area contributed by atoms with Crippen LogP contribution in [0.25, 0.3) is 11.2 Å². The molecule has 1 aliphatic rings. The van der Waals surface area contributed by atoms with Gasteiger partial charge in [-0.1, -0.05) is 36.8 Å². The number of nitrogens with zero attached hydrogens (tertiary/aromatic N) is 4. The summed E-state index contributed by atoms with van der Waals surface area (Å²) in [6.45, 7) is 6.15. The van der Waals surface area contributed by atoms with Crippen LogP contribution in [0.1, 0.15) is 42.7 Å². The molecule has 0 saturated carbocycles. The Morgan fingerprint density at radius 1 is 1.29 bits per heavy atom. The fourth-order valence-electron chi connectivity index (χ4n) is 3.53. The summed E-state index contributed by atoms with van der Waals surface area (Å²) >= 11 is 0. The molecule has 124 valence electrons. The van der Waals surface area contributed by atoms with Crippen LogP contribution in [0.15, 0.2) is 35.0 Å². The van der Waals surface area contributed by atoms with Crippen LogP contribution in [0, 0.1) is 6.92 Å². The van der Waals surface area contributed by atoms with E-state index in [9.17, 15) is 0 Å². The molecule has 1 saturated heterocycles. The largest absolute Gasteiger partial charge is 0.422 e. The van der Waals surface area contributed by atoms with Crippen molar-refractivity contribution in [2.75, 3.05) is 18.0 Å². The first-order valence-electron chi connectivity index (χ1n) is 8.66. The van der Waals surface area contributed by atoms with Gasteiger partial charge in [0.2, 0.25) is 0 Å². The summed E-state index contributed by atoms with van der Waals surface area (Å²) < 4.78 is 5.69. The summed E-state index contributed by atoms with van der Waals surface area (Å²) in [7, 11) is 0. The Hall–Kier alpha value is -2.43. The topological polar surface area (TPSA) is 55.1 Å². The van der Waals surface area contributed by atoms with E-state index in [4.69, 9.17) is 4.42 Å². The van der Waals surface area contributed by atoms with E-state index < -0.39 is 0 Å². The van der Waals surface area contributed by atoms with Crippen molar-refractivity contribution in [2.24, 2.45) is 0 Å². The molecule has 0 bridgehead atoms. The first-order valence-corrected chi connectivity index (χ1v) is 8.66. The minimum Gasteiger partial charge on any atom is -0.422 e. The van der Waals surface area contributed by atoms with Crippen molar-refractivity contribution in [1.82, 2.24) is 15.0 Å². The van der Waals surface area contributed by atoms with Crippen LogP contribution in [-0.2, 0) is 6.42 Å². The van der Waals surface area contributed by atoms with E-state index in [1.807, 2.05) is 6.92 Å². The van der Waals surface area contributed by atoms with Gasteiger partial charge in [-0.05, 0) is 25.3 Å². The SMILES string of the molecule is CCc1nc2c(N3CCC[C@H](c4cccc(C)c4)C3)ncnc2o1. The van der Waals surface area contributed by atoms with Gasteiger partial charge in [0.05, 0.1) is 0 Å². The first kappa shape index (κ1) is 15.1. The Balaban J connectivity index is 1.66. The zero-order valence-electron chi connectivity index (χ0n) is 14.2. The molecule has 1 fully saturated rings. The van der Waals surface area contributed by atoms with E-state index in [2.05, 4.69) is 51.0 Å². The number of anilines is 1. The second-order valence-corrected chi connectivity index (χ2v) is 6.51. The molecular weight excluding hydrogens is 300 g/mol. The van der Waals surface area contributed by atoms with Crippen LogP contribution >= 0.6 is 0 Å². The number of oxazole rings is 1. The molecule has 1 aromatic carbocycles. The first-order chi connectivity index (χ1) is 11.7. The van der Waals surface area contributed by atoms with Crippen LogP contribution < -0.4 is 4.90 Å². The van der Waals surface area contributed by atoms with Gasteiger partial charge in [-0.25, -0.2) is 9.97 Å². The molecule has 0 N–H and O–H groups in total. The van der Waals surface area contributed by atoms with Crippen molar-refractivity contribution in [1.29, 1.82) is 0 Å². The third kappa shape index (κ3) is 2.75. The van der Waals surface area contributed by atoms with Gasteiger partial charge < -0.3 is 9.32 Å². The van der Waals surface area contributed by atoms with Crippen molar-refractivity contribution >= 4 is 17.0 Å². The normalized spacial score (nSPS) is 18.2. The highest BCUT2D eigenvalue weighted by atomic mass is 16.4. The predicted molar refractivity (Wildman–Crippen MR) is 94.3 cm³/mol. The van der Waals surface area contributed by atoms with Crippen LogP contribution in [-0.4, -0.2) is 28.0 Å². The van der Waals surface area contributed by atoms with Gasteiger partial charge in [-0.3, -0.25) is 0 Å². The van der Waals surface area contributed by atoms with E-state index in [0.29, 0.717) is 11.6 Å². The molecule has 24 heavy (non-hydrogen) atoms. The molecule has 1 aliphatic heterocycles. The van der Waals surface area contributed by atoms with Crippen LogP contribution in [0.2, 0.25) is 0 Å². The van der Waals surface area contributed by atoms with Crippen molar-refractivity contribution in [2.45, 2.75) is 39.0 Å². The Morgan fingerprint density at radius 3 is 3.04 bits per heavy atom. The summed E-state index contributed by atoms with van der Waals surface area (Å²) in [5.74, 6) is 2.15. The second kappa shape index (κ2) is 6.23. The molecule has 0 unspecified atom stereocenters. The smallest absolute Gasteiger partial charge is 0.252 e. The zero-order valence-corrected chi connectivity index (χ0v) is 14.2. The predicted octanol–water partition coefficient (Wildman–Crippen LogP) is 3.87. The van der Waals surface area contributed by atoms with Gasteiger partial charge >= 0.3 is 0 Å². The summed E-state index contributed by atoms with van der Waals surface area (Å²) in [5, 5.41) is 0. The van der Waals surface area contributed by atoms with Crippen LogP contribution in [0.4, 0.5) is 5.82 Å². The zero-order chi connectivity index (χ0) is 16.5. The van der Waals surface area contributed by atoms with Crippen molar-refractivity contribution in [3.63, 3.8) is 0 Å². The minimum atomic E-state index is 0.529. The van der Waals surface area contributed by atoms with E-state index >= 15 is 0 Å². The molecule has 0 amide bonds. The molecule has 3 heterocycles. The number of hydrogen-bond donors (Lipinski definition) is 0. The highest BCUT2D eigenvalue weighted by Gasteiger charge is 2.25. The maximum Gasteiger partial charge on any atom is 0.252 e. The lowest BCUT2D eigenvalue weighted by molar-refractivity contribution is 0.507. The third-order valence-corrected chi connectivity index (χ3v) is 4.76. The molecule has 0 radical (unpaired) electrons. The summed E-state index contributed by atoms with van der Waals surface area (Å²) in [5.41, 5.74) is 4.12. The van der Waals surface area contributed by atoms with Gasteiger partial charge in [0, 0.05) is 25.4 Å². The molecule has 0 spiro atoms. The third-order valence-electron chi connectivity index (χ3n) is 4.76. The lowest BCUT2D eigenvalue weighted by Crippen LogP contribution is -2.35. The average molecular weight is 322 g/mol. The van der Waals surface area contributed by atoms with Crippen molar-refractivity contribution in [3.8, 4) is 0 Å². The number of hydrogen-bond acceptors (Lipinski definition) is 5. The molecule has 1 atom stereocenters. The molecule has 3 aromatic rings. The number of rotatable bonds is 3. The van der Waals surface area contributed by atoms with E-state index in [1.54, 1.807) is 6.33 Å². The maximum absolute atomic E-state index is 5.69. The number of benzene rings is 1. The van der Waals surface area contributed by atoms with Gasteiger partial charge in [0.1, 0.15) is 6.33 Å². The van der Waals surface area contributed by atoms with Crippen LogP contribution in [0.5, 0.6) is 0 Å². The number of aryl methyl sites for hydroxylation is 2. The van der Waals surface area contributed by atoms with Gasteiger partial charge in [0.25, 0.3) is 5.71 Å². The average Bonchev–Trinajstić information content (AvgIpc) is 3.05. The minimum absolute atomic E-state index is 0.529. The Morgan fingerprint density at radius 2 is 2.21 bits per heavy atom. The van der Waals surface area contributed by atoms with E-state index in [0.717, 1.165) is 43.2 Å².